The van der Waals surface area contributed by atoms with Crippen molar-refractivity contribution in [3.05, 3.63) is 35.4 Å². The molecule has 0 bridgehead atoms. The van der Waals surface area contributed by atoms with Gasteiger partial charge in [0.1, 0.15) is 12.7 Å². The van der Waals surface area contributed by atoms with Gasteiger partial charge in [-0.1, -0.05) is 12.1 Å². The molecule has 0 saturated heterocycles. The minimum atomic E-state index is -4.58. The van der Waals surface area contributed by atoms with Gasteiger partial charge in [0.15, 0.2) is 0 Å². The van der Waals surface area contributed by atoms with Gasteiger partial charge in [-0.3, -0.25) is 0 Å². The van der Waals surface area contributed by atoms with E-state index in [1.165, 1.54) is 6.07 Å². The van der Waals surface area contributed by atoms with E-state index in [1.54, 1.807) is 0 Å². The summed E-state index contributed by atoms with van der Waals surface area (Å²) in [6, 6.07) is 3.70. The van der Waals surface area contributed by atoms with Crippen molar-refractivity contribution < 1.29 is 36.2 Å². The zero-order valence-corrected chi connectivity index (χ0v) is 9.42. The van der Waals surface area contributed by atoms with Gasteiger partial charge in [0.2, 0.25) is 0 Å². The van der Waals surface area contributed by atoms with Gasteiger partial charge in [0.25, 0.3) is 0 Å². The number of hydrogen-bond acceptors (Lipinski definition) is 2. The molecule has 2 nitrogen and oxygen atoms in total. The maximum atomic E-state index is 12.4. The van der Waals surface area contributed by atoms with E-state index in [2.05, 4.69) is 4.74 Å². The maximum absolute atomic E-state index is 12.4. The molecule has 0 aromatic heterocycles. The zero-order valence-electron chi connectivity index (χ0n) is 9.42. The topological polar surface area (TPSA) is 29.5 Å². The summed E-state index contributed by atoms with van der Waals surface area (Å²) in [6.07, 6.45) is -10.7. The van der Waals surface area contributed by atoms with Crippen LogP contribution in [0.15, 0.2) is 24.3 Å². The molecule has 1 rings (SSSR count). The molecule has 0 heterocycles. The Hall–Kier alpha value is -1.28. The third kappa shape index (κ3) is 5.48. The van der Waals surface area contributed by atoms with Gasteiger partial charge >= 0.3 is 12.4 Å². The third-order valence-electron chi connectivity index (χ3n) is 2.14. The first kappa shape index (κ1) is 15.8. The van der Waals surface area contributed by atoms with Crippen molar-refractivity contribution in [2.24, 2.45) is 0 Å². The van der Waals surface area contributed by atoms with E-state index in [1.807, 2.05) is 0 Å². The molecule has 108 valence electrons. The Morgan fingerprint density at radius 3 is 2.26 bits per heavy atom. The largest absolute Gasteiger partial charge is 0.416 e. The fourth-order valence-corrected chi connectivity index (χ4v) is 1.30. The molecule has 0 aliphatic heterocycles. The van der Waals surface area contributed by atoms with Crippen molar-refractivity contribution in [2.75, 3.05) is 13.2 Å². The van der Waals surface area contributed by atoms with E-state index >= 15 is 0 Å². The lowest BCUT2D eigenvalue weighted by Gasteiger charge is -2.14. The molecule has 0 spiro atoms. The Morgan fingerprint density at radius 2 is 1.74 bits per heavy atom. The van der Waals surface area contributed by atoms with E-state index in [4.69, 9.17) is 0 Å². The number of aliphatic hydroxyl groups is 1. The highest BCUT2D eigenvalue weighted by Gasteiger charge is 2.31. The molecule has 1 unspecified atom stereocenters. The lowest BCUT2D eigenvalue weighted by molar-refractivity contribution is -0.179. The average Bonchev–Trinajstić information content (AvgIpc) is 2.26. The number of alkyl halides is 6. The van der Waals surface area contributed by atoms with Crippen LogP contribution in [0.3, 0.4) is 0 Å². The van der Waals surface area contributed by atoms with Gasteiger partial charge in [-0.05, 0) is 17.7 Å². The Bertz CT molecular complexity index is 412. The van der Waals surface area contributed by atoms with E-state index in [0.29, 0.717) is 6.07 Å². The van der Waals surface area contributed by atoms with Crippen molar-refractivity contribution in [3.8, 4) is 0 Å². The lowest BCUT2D eigenvalue weighted by atomic mass is 10.1. The fourth-order valence-electron chi connectivity index (χ4n) is 1.30. The molecule has 1 aromatic rings. The Balaban J connectivity index is 2.65. The highest BCUT2D eigenvalue weighted by molar-refractivity contribution is 5.27. The van der Waals surface area contributed by atoms with Crippen LogP contribution in [0.2, 0.25) is 0 Å². The van der Waals surface area contributed by atoms with Gasteiger partial charge in [-0.15, -0.1) is 0 Å². The highest BCUT2D eigenvalue weighted by Crippen LogP contribution is 2.30. The van der Waals surface area contributed by atoms with E-state index < -0.39 is 37.2 Å². The molecule has 0 saturated carbocycles. The Labute approximate surface area is 104 Å². The summed E-state index contributed by atoms with van der Waals surface area (Å²) in [5.74, 6) is 0. The number of benzene rings is 1. The SMILES string of the molecule is OC(COCC(F)(F)F)c1cccc(C(F)(F)F)c1. The van der Waals surface area contributed by atoms with Crippen LogP contribution >= 0.6 is 0 Å². The van der Waals surface area contributed by atoms with Crippen LogP contribution < -0.4 is 0 Å². The fraction of sp³-hybridized carbons (Fsp3) is 0.455. The normalized spacial score (nSPS) is 14.5. The van der Waals surface area contributed by atoms with Gasteiger partial charge in [0.05, 0.1) is 12.2 Å². The first-order valence-electron chi connectivity index (χ1n) is 5.09. The van der Waals surface area contributed by atoms with Crippen molar-refractivity contribution in [3.63, 3.8) is 0 Å². The molecule has 1 atom stereocenters. The standard InChI is InChI=1S/C11H10F6O2/c12-10(13,14)6-19-5-9(18)7-2-1-3-8(4-7)11(15,16)17/h1-4,9,18H,5-6H2. The molecule has 0 aliphatic rings. The van der Waals surface area contributed by atoms with Crippen molar-refractivity contribution in [1.29, 1.82) is 0 Å². The van der Waals surface area contributed by atoms with Gasteiger partial charge < -0.3 is 9.84 Å². The van der Waals surface area contributed by atoms with Crippen LogP contribution in [0.25, 0.3) is 0 Å². The van der Waals surface area contributed by atoms with Crippen molar-refractivity contribution >= 4 is 0 Å². The molecule has 19 heavy (non-hydrogen) atoms. The third-order valence-corrected chi connectivity index (χ3v) is 2.14. The van der Waals surface area contributed by atoms with Crippen LogP contribution in [0, 0.1) is 0 Å². The molecule has 1 N–H and O–H groups in total. The second-order valence-electron chi connectivity index (χ2n) is 3.77. The quantitative estimate of drug-likeness (QED) is 0.861. The molecule has 8 heteroatoms. The number of ether oxygens (including phenoxy) is 1. The summed E-state index contributed by atoms with van der Waals surface area (Å²) >= 11 is 0. The predicted octanol–water partition coefficient (Wildman–Crippen LogP) is 3.32. The average molecular weight is 288 g/mol. The summed E-state index contributed by atoms with van der Waals surface area (Å²) in [5.41, 5.74) is -1.14. The van der Waals surface area contributed by atoms with Crippen LogP contribution in [0.1, 0.15) is 17.2 Å². The molecule has 0 fully saturated rings. The van der Waals surface area contributed by atoms with Crippen molar-refractivity contribution in [2.45, 2.75) is 18.5 Å². The number of hydrogen-bond donors (Lipinski definition) is 1. The number of halogens is 6. The molecule has 0 radical (unpaired) electrons. The molecule has 0 amide bonds. The summed E-state index contributed by atoms with van der Waals surface area (Å²) in [4.78, 5) is 0. The van der Waals surface area contributed by atoms with Crippen LogP contribution in [-0.4, -0.2) is 24.5 Å². The zero-order chi connectivity index (χ0) is 14.7. The van der Waals surface area contributed by atoms with E-state index in [9.17, 15) is 31.4 Å². The Morgan fingerprint density at radius 1 is 1.11 bits per heavy atom. The maximum Gasteiger partial charge on any atom is 0.416 e. The first-order valence-corrected chi connectivity index (χ1v) is 5.09. The summed E-state index contributed by atoms with van der Waals surface area (Å²) in [7, 11) is 0. The van der Waals surface area contributed by atoms with Gasteiger partial charge in [-0.25, -0.2) is 0 Å². The predicted molar refractivity (Wildman–Crippen MR) is 53.3 cm³/mol. The smallest absolute Gasteiger partial charge is 0.386 e. The lowest BCUT2D eigenvalue weighted by Crippen LogP contribution is -2.19. The number of aliphatic hydroxyl groups excluding tert-OH is 1. The van der Waals surface area contributed by atoms with Crippen molar-refractivity contribution in [1.82, 2.24) is 0 Å². The van der Waals surface area contributed by atoms with Gasteiger partial charge in [-0.2, -0.15) is 26.3 Å². The molecular weight excluding hydrogens is 278 g/mol. The summed E-state index contributed by atoms with van der Waals surface area (Å²) in [5, 5.41) is 9.45. The minimum absolute atomic E-state index is 0.156. The van der Waals surface area contributed by atoms with Gasteiger partial charge in [0, 0.05) is 0 Å². The molecule has 0 aliphatic carbocycles. The van der Waals surface area contributed by atoms with Crippen LogP contribution in [0.5, 0.6) is 0 Å². The molecule has 1 aromatic carbocycles. The summed E-state index contributed by atoms with van der Waals surface area (Å²) < 4.78 is 76.6. The minimum Gasteiger partial charge on any atom is -0.386 e. The molecular formula is C11H10F6O2. The second kappa shape index (κ2) is 5.79. The monoisotopic (exact) mass is 288 g/mol. The van der Waals surface area contributed by atoms with E-state index in [0.717, 1.165) is 12.1 Å². The van der Waals surface area contributed by atoms with E-state index in [-0.39, 0.29) is 5.56 Å². The number of rotatable bonds is 4. The Kier molecular flexibility index (Phi) is 4.81. The highest BCUT2D eigenvalue weighted by atomic mass is 19.4. The second-order valence-corrected chi connectivity index (χ2v) is 3.77. The van der Waals surface area contributed by atoms with Crippen LogP contribution in [-0.2, 0) is 10.9 Å². The first-order chi connectivity index (χ1) is 8.59. The summed E-state index contributed by atoms with van der Waals surface area (Å²) in [6.45, 7) is -2.30. The van der Waals surface area contributed by atoms with Crippen LogP contribution in [0.4, 0.5) is 26.3 Å².